The normalized spacial score (nSPS) is 12.7. The molecule has 0 radical (unpaired) electrons. The van der Waals surface area contributed by atoms with Crippen molar-refractivity contribution in [2.45, 2.75) is 26.3 Å². The van der Waals surface area contributed by atoms with Gasteiger partial charge in [0.25, 0.3) is 0 Å². The van der Waals surface area contributed by atoms with Crippen molar-refractivity contribution in [3.05, 3.63) is 70.1 Å². The van der Waals surface area contributed by atoms with Gasteiger partial charge in [-0.25, -0.2) is 0 Å². The van der Waals surface area contributed by atoms with Gasteiger partial charge in [-0.3, -0.25) is 0 Å². The highest BCUT2D eigenvalue weighted by Crippen LogP contribution is 2.30. The Bertz CT molecular complexity index is 737. The SMILES string of the molecule is CNC(Cc1cc(C)cc(C)c1)c1cccc2ccsc12. The highest BCUT2D eigenvalue weighted by atomic mass is 32.1. The van der Waals surface area contributed by atoms with Gasteiger partial charge >= 0.3 is 0 Å². The van der Waals surface area contributed by atoms with Crippen LogP contribution in [-0.4, -0.2) is 7.05 Å². The lowest BCUT2D eigenvalue weighted by atomic mass is 9.96. The van der Waals surface area contributed by atoms with E-state index in [4.69, 9.17) is 0 Å². The summed E-state index contributed by atoms with van der Waals surface area (Å²) in [5, 5.41) is 7.02. The van der Waals surface area contributed by atoms with Crippen LogP contribution in [0.4, 0.5) is 0 Å². The average molecular weight is 295 g/mol. The fraction of sp³-hybridized carbons (Fsp3) is 0.263. The van der Waals surface area contributed by atoms with Crippen molar-refractivity contribution in [1.82, 2.24) is 5.32 Å². The summed E-state index contributed by atoms with van der Waals surface area (Å²) in [7, 11) is 2.06. The average Bonchev–Trinajstić information content (AvgIpc) is 2.92. The van der Waals surface area contributed by atoms with Crippen molar-refractivity contribution in [2.24, 2.45) is 0 Å². The maximum atomic E-state index is 3.49. The third kappa shape index (κ3) is 3.02. The van der Waals surface area contributed by atoms with E-state index in [0.717, 1.165) is 6.42 Å². The largest absolute Gasteiger partial charge is 0.313 e. The van der Waals surface area contributed by atoms with Gasteiger partial charge in [0.2, 0.25) is 0 Å². The highest BCUT2D eigenvalue weighted by molar-refractivity contribution is 7.17. The molecule has 0 saturated heterocycles. The summed E-state index contributed by atoms with van der Waals surface area (Å²) in [4.78, 5) is 0. The third-order valence-corrected chi connectivity index (χ3v) is 4.93. The van der Waals surface area contributed by atoms with Crippen LogP contribution in [-0.2, 0) is 6.42 Å². The van der Waals surface area contributed by atoms with E-state index in [1.165, 1.54) is 32.3 Å². The first-order valence-electron chi connectivity index (χ1n) is 7.38. The van der Waals surface area contributed by atoms with Crippen LogP contribution in [0.25, 0.3) is 10.1 Å². The standard InChI is InChI=1S/C19H21NS/c1-13-9-14(2)11-15(10-13)12-18(20-3)17-6-4-5-16-7-8-21-19(16)17/h4-11,18,20H,12H2,1-3H3. The van der Waals surface area contributed by atoms with E-state index in [9.17, 15) is 0 Å². The minimum atomic E-state index is 0.355. The molecule has 0 saturated carbocycles. The molecule has 0 aliphatic carbocycles. The number of rotatable bonds is 4. The monoisotopic (exact) mass is 295 g/mol. The van der Waals surface area contributed by atoms with Crippen LogP contribution < -0.4 is 5.32 Å². The van der Waals surface area contributed by atoms with E-state index in [-0.39, 0.29) is 0 Å². The van der Waals surface area contributed by atoms with Gasteiger partial charge in [-0.05, 0) is 55.3 Å². The fourth-order valence-corrected chi connectivity index (χ4v) is 4.05. The zero-order valence-corrected chi connectivity index (χ0v) is 13.6. The quantitative estimate of drug-likeness (QED) is 0.712. The zero-order valence-electron chi connectivity index (χ0n) is 12.8. The molecule has 2 heteroatoms. The molecule has 0 aliphatic rings. The molecular formula is C19H21NS. The van der Waals surface area contributed by atoms with Gasteiger partial charge in [-0.1, -0.05) is 47.5 Å². The first kappa shape index (κ1) is 14.3. The molecule has 0 amide bonds. The second-order valence-corrected chi connectivity index (χ2v) is 6.64. The Hall–Kier alpha value is -1.64. The molecule has 0 bridgehead atoms. The number of likely N-dealkylation sites (N-methyl/N-ethyl adjacent to an activating group) is 1. The molecular weight excluding hydrogens is 274 g/mol. The van der Waals surface area contributed by atoms with E-state index < -0.39 is 0 Å². The summed E-state index contributed by atoms with van der Waals surface area (Å²) in [6, 6.07) is 16.0. The van der Waals surface area contributed by atoms with Crippen LogP contribution in [0.5, 0.6) is 0 Å². The molecule has 1 unspecified atom stereocenters. The minimum absolute atomic E-state index is 0.355. The Morgan fingerprint density at radius 1 is 1.05 bits per heavy atom. The number of aryl methyl sites for hydroxylation is 2. The number of nitrogens with one attached hydrogen (secondary N) is 1. The molecule has 21 heavy (non-hydrogen) atoms. The molecule has 1 atom stereocenters. The summed E-state index contributed by atoms with van der Waals surface area (Å²) in [6.07, 6.45) is 1.02. The zero-order chi connectivity index (χ0) is 14.8. The number of hydrogen-bond donors (Lipinski definition) is 1. The Kier molecular flexibility index (Phi) is 4.09. The van der Waals surface area contributed by atoms with E-state index in [2.05, 4.69) is 74.1 Å². The maximum absolute atomic E-state index is 3.49. The van der Waals surface area contributed by atoms with Gasteiger partial charge in [0, 0.05) is 10.7 Å². The smallest absolute Gasteiger partial charge is 0.0390 e. The van der Waals surface area contributed by atoms with Gasteiger partial charge in [0.05, 0.1) is 0 Å². The van der Waals surface area contributed by atoms with Crippen LogP contribution in [0.3, 0.4) is 0 Å². The lowest BCUT2D eigenvalue weighted by Gasteiger charge is -2.18. The number of fused-ring (bicyclic) bond motifs is 1. The van der Waals surface area contributed by atoms with Crippen LogP contribution in [0, 0.1) is 13.8 Å². The molecule has 3 rings (SSSR count). The van der Waals surface area contributed by atoms with Gasteiger partial charge in [-0.2, -0.15) is 0 Å². The highest BCUT2D eigenvalue weighted by Gasteiger charge is 2.14. The number of benzene rings is 2. The molecule has 1 aromatic heterocycles. The molecule has 1 N–H and O–H groups in total. The van der Waals surface area contributed by atoms with Crippen LogP contribution in [0.2, 0.25) is 0 Å². The fourth-order valence-electron chi connectivity index (χ4n) is 3.08. The van der Waals surface area contributed by atoms with Crippen LogP contribution in [0.15, 0.2) is 47.8 Å². The van der Waals surface area contributed by atoms with Crippen molar-refractivity contribution in [1.29, 1.82) is 0 Å². The lowest BCUT2D eigenvalue weighted by Crippen LogP contribution is -2.19. The summed E-state index contributed by atoms with van der Waals surface area (Å²) < 4.78 is 1.40. The van der Waals surface area contributed by atoms with Crippen molar-refractivity contribution in [3.63, 3.8) is 0 Å². The molecule has 108 valence electrons. The Morgan fingerprint density at radius 2 is 1.81 bits per heavy atom. The summed E-state index contributed by atoms with van der Waals surface area (Å²) in [5.41, 5.74) is 5.49. The summed E-state index contributed by atoms with van der Waals surface area (Å²) in [6.45, 7) is 4.34. The Balaban J connectivity index is 1.96. The van der Waals surface area contributed by atoms with E-state index >= 15 is 0 Å². The lowest BCUT2D eigenvalue weighted by molar-refractivity contribution is 0.596. The molecule has 3 aromatic rings. The van der Waals surface area contributed by atoms with Gasteiger partial charge in [0.15, 0.2) is 0 Å². The molecule has 2 aromatic carbocycles. The van der Waals surface area contributed by atoms with Crippen molar-refractivity contribution < 1.29 is 0 Å². The van der Waals surface area contributed by atoms with Crippen LogP contribution >= 0.6 is 11.3 Å². The van der Waals surface area contributed by atoms with Gasteiger partial charge in [-0.15, -0.1) is 11.3 Å². The minimum Gasteiger partial charge on any atom is -0.313 e. The maximum Gasteiger partial charge on any atom is 0.0390 e. The summed E-state index contributed by atoms with van der Waals surface area (Å²) >= 11 is 1.83. The molecule has 1 heterocycles. The predicted octanol–water partition coefficient (Wildman–Crippen LogP) is 5.02. The van der Waals surface area contributed by atoms with E-state index in [0.29, 0.717) is 6.04 Å². The third-order valence-electron chi connectivity index (χ3n) is 3.95. The van der Waals surface area contributed by atoms with Crippen molar-refractivity contribution >= 4 is 21.4 Å². The second-order valence-electron chi connectivity index (χ2n) is 5.73. The Morgan fingerprint density at radius 3 is 2.52 bits per heavy atom. The van der Waals surface area contributed by atoms with E-state index in [1.54, 1.807) is 0 Å². The first-order valence-corrected chi connectivity index (χ1v) is 8.26. The van der Waals surface area contributed by atoms with Crippen molar-refractivity contribution in [2.75, 3.05) is 7.05 Å². The van der Waals surface area contributed by atoms with Gasteiger partial charge < -0.3 is 5.32 Å². The predicted molar refractivity (Wildman–Crippen MR) is 93.2 cm³/mol. The first-order chi connectivity index (χ1) is 10.2. The number of thiophene rings is 1. The molecule has 0 fully saturated rings. The second kappa shape index (κ2) is 6.00. The molecule has 1 nitrogen and oxygen atoms in total. The molecule has 0 aliphatic heterocycles. The summed E-state index contributed by atoms with van der Waals surface area (Å²) in [5.74, 6) is 0. The number of hydrogen-bond acceptors (Lipinski definition) is 2. The van der Waals surface area contributed by atoms with Crippen molar-refractivity contribution in [3.8, 4) is 0 Å². The topological polar surface area (TPSA) is 12.0 Å². The molecule has 0 spiro atoms. The van der Waals surface area contributed by atoms with Gasteiger partial charge in [0.1, 0.15) is 0 Å². The van der Waals surface area contributed by atoms with Crippen LogP contribution in [0.1, 0.15) is 28.3 Å². The van der Waals surface area contributed by atoms with E-state index in [1.807, 2.05) is 11.3 Å². The Labute approximate surface area is 130 Å².